The number of halogens is 1. The summed E-state index contributed by atoms with van der Waals surface area (Å²) in [6, 6.07) is 5.26. The van der Waals surface area contributed by atoms with Crippen molar-refractivity contribution in [3.8, 4) is 0 Å². The number of rotatable bonds is 1. The number of benzene rings is 1. The van der Waals surface area contributed by atoms with Gasteiger partial charge in [0.2, 0.25) is 0 Å². The highest BCUT2D eigenvalue weighted by Crippen LogP contribution is 2.27. The first-order valence-electron chi connectivity index (χ1n) is 5.98. The molecule has 1 fully saturated rings. The molecule has 17 heavy (non-hydrogen) atoms. The zero-order valence-corrected chi connectivity index (χ0v) is 9.82. The smallest absolute Gasteiger partial charge is 0.124 e. The van der Waals surface area contributed by atoms with Gasteiger partial charge in [-0.2, -0.15) is 5.10 Å². The van der Waals surface area contributed by atoms with Crippen molar-refractivity contribution in [2.75, 3.05) is 13.2 Å². The molecule has 0 spiro atoms. The van der Waals surface area contributed by atoms with Gasteiger partial charge in [-0.3, -0.25) is 4.68 Å². The minimum Gasteiger partial charge on any atom is -0.381 e. The third-order valence-corrected chi connectivity index (χ3v) is 3.39. The average molecular weight is 234 g/mol. The maximum absolute atomic E-state index is 13.2. The number of hydrogen-bond acceptors (Lipinski definition) is 2. The van der Waals surface area contributed by atoms with Gasteiger partial charge in [-0.15, -0.1) is 0 Å². The normalized spacial score (nSPS) is 17.8. The summed E-state index contributed by atoms with van der Waals surface area (Å²) in [5.74, 6) is -0.202. The van der Waals surface area contributed by atoms with Gasteiger partial charge in [-0.1, -0.05) is 0 Å². The molecule has 0 aliphatic carbocycles. The van der Waals surface area contributed by atoms with Crippen LogP contribution in [0.15, 0.2) is 18.2 Å². The first kappa shape index (κ1) is 10.7. The molecular weight excluding hydrogens is 219 g/mol. The van der Waals surface area contributed by atoms with E-state index in [1.54, 1.807) is 6.07 Å². The van der Waals surface area contributed by atoms with Crippen LogP contribution in [0.3, 0.4) is 0 Å². The molecule has 1 aliphatic rings. The molecule has 1 aromatic carbocycles. The molecule has 2 aromatic rings. The predicted molar refractivity (Wildman–Crippen MR) is 63.5 cm³/mol. The van der Waals surface area contributed by atoms with E-state index in [-0.39, 0.29) is 5.82 Å². The van der Waals surface area contributed by atoms with Crippen molar-refractivity contribution in [3.05, 3.63) is 29.7 Å². The Morgan fingerprint density at radius 3 is 2.88 bits per heavy atom. The number of nitrogens with zero attached hydrogens (tertiary/aromatic N) is 2. The van der Waals surface area contributed by atoms with Crippen LogP contribution < -0.4 is 0 Å². The van der Waals surface area contributed by atoms with Gasteiger partial charge < -0.3 is 4.74 Å². The Balaban J connectivity index is 2.10. The van der Waals surface area contributed by atoms with Gasteiger partial charge in [-0.05, 0) is 38.0 Å². The second-order valence-electron chi connectivity index (χ2n) is 4.53. The van der Waals surface area contributed by atoms with E-state index in [1.807, 2.05) is 17.7 Å². The summed E-state index contributed by atoms with van der Waals surface area (Å²) in [5.41, 5.74) is 1.92. The molecule has 0 unspecified atom stereocenters. The molecule has 0 radical (unpaired) electrons. The zero-order chi connectivity index (χ0) is 11.8. The van der Waals surface area contributed by atoms with Crippen molar-refractivity contribution >= 4 is 10.9 Å². The fourth-order valence-corrected chi connectivity index (χ4v) is 2.48. The summed E-state index contributed by atoms with van der Waals surface area (Å²) in [4.78, 5) is 0. The van der Waals surface area contributed by atoms with Crippen LogP contribution in [0, 0.1) is 12.7 Å². The molecule has 90 valence electrons. The van der Waals surface area contributed by atoms with E-state index < -0.39 is 0 Å². The third-order valence-electron chi connectivity index (χ3n) is 3.39. The second kappa shape index (κ2) is 4.11. The quantitative estimate of drug-likeness (QED) is 0.758. The Bertz CT molecular complexity index is 544. The highest BCUT2D eigenvalue weighted by Gasteiger charge is 2.19. The van der Waals surface area contributed by atoms with Crippen LogP contribution in [-0.4, -0.2) is 23.0 Å². The molecule has 0 bridgehead atoms. The number of aromatic nitrogens is 2. The molecule has 3 nitrogen and oxygen atoms in total. The molecule has 3 rings (SSSR count). The highest BCUT2D eigenvalue weighted by atomic mass is 19.1. The lowest BCUT2D eigenvalue weighted by molar-refractivity contribution is 0.0674. The lowest BCUT2D eigenvalue weighted by Crippen LogP contribution is -2.20. The number of ether oxygens (including phenoxy) is 1. The Morgan fingerprint density at radius 1 is 1.35 bits per heavy atom. The summed E-state index contributed by atoms with van der Waals surface area (Å²) < 4.78 is 20.6. The average Bonchev–Trinajstić information content (AvgIpc) is 2.68. The Kier molecular flexibility index (Phi) is 2.59. The monoisotopic (exact) mass is 234 g/mol. The van der Waals surface area contributed by atoms with Crippen LogP contribution in [0.1, 0.15) is 24.6 Å². The zero-order valence-electron chi connectivity index (χ0n) is 9.82. The van der Waals surface area contributed by atoms with E-state index in [0.29, 0.717) is 6.04 Å². The van der Waals surface area contributed by atoms with E-state index in [1.165, 1.54) is 6.07 Å². The van der Waals surface area contributed by atoms with Crippen LogP contribution in [0.2, 0.25) is 0 Å². The molecule has 1 aliphatic heterocycles. The van der Waals surface area contributed by atoms with Gasteiger partial charge >= 0.3 is 0 Å². The SMILES string of the molecule is Cc1nn(C2CCOCC2)c2ccc(F)cc12. The molecule has 1 saturated heterocycles. The summed E-state index contributed by atoms with van der Waals surface area (Å²) in [7, 11) is 0. The van der Waals surface area contributed by atoms with Gasteiger partial charge in [0.1, 0.15) is 5.82 Å². The lowest BCUT2D eigenvalue weighted by Gasteiger charge is -2.23. The Hall–Kier alpha value is -1.42. The molecule has 0 amide bonds. The molecule has 4 heteroatoms. The number of fused-ring (bicyclic) bond motifs is 1. The highest BCUT2D eigenvalue weighted by molar-refractivity contribution is 5.81. The lowest BCUT2D eigenvalue weighted by atomic mass is 10.1. The molecule has 0 saturated carbocycles. The van der Waals surface area contributed by atoms with Gasteiger partial charge in [0, 0.05) is 18.6 Å². The van der Waals surface area contributed by atoms with Crippen molar-refractivity contribution in [1.82, 2.24) is 9.78 Å². The second-order valence-corrected chi connectivity index (χ2v) is 4.53. The summed E-state index contributed by atoms with van der Waals surface area (Å²) in [6.07, 6.45) is 1.96. The van der Waals surface area contributed by atoms with E-state index >= 15 is 0 Å². The van der Waals surface area contributed by atoms with E-state index in [4.69, 9.17) is 4.74 Å². The largest absolute Gasteiger partial charge is 0.381 e. The van der Waals surface area contributed by atoms with Gasteiger partial charge in [-0.25, -0.2) is 4.39 Å². The molecular formula is C13H15FN2O. The van der Waals surface area contributed by atoms with Crippen molar-refractivity contribution < 1.29 is 9.13 Å². The fraction of sp³-hybridized carbons (Fsp3) is 0.462. The van der Waals surface area contributed by atoms with Gasteiger partial charge in [0.15, 0.2) is 0 Å². The van der Waals surface area contributed by atoms with Gasteiger partial charge in [0.25, 0.3) is 0 Å². The maximum Gasteiger partial charge on any atom is 0.124 e. The summed E-state index contributed by atoms with van der Waals surface area (Å²) in [6.45, 7) is 3.50. The molecule has 2 heterocycles. The van der Waals surface area contributed by atoms with E-state index in [0.717, 1.165) is 42.7 Å². The number of aryl methyl sites for hydroxylation is 1. The standard InChI is InChI=1S/C13H15FN2O/c1-9-12-8-10(14)2-3-13(12)16(15-9)11-4-6-17-7-5-11/h2-3,8,11H,4-7H2,1H3. The Morgan fingerprint density at radius 2 is 2.12 bits per heavy atom. The van der Waals surface area contributed by atoms with Crippen LogP contribution in [0.4, 0.5) is 4.39 Å². The molecule has 1 aromatic heterocycles. The maximum atomic E-state index is 13.2. The van der Waals surface area contributed by atoms with Crippen molar-refractivity contribution in [3.63, 3.8) is 0 Å². The van der Waals surface area contributed by atoms with Crippen molar-refractivity contribution in [2.24, 2.45) is 0 Å². The minimum absolute atomic E-state index is 0.202. The molecule has 0 N–H and O–H groups in total. The topological polar surface area (TPSA) is 27.1 Å². The Labute approximate surface area is 99.2 Å². The van der Waals surface area contributed by atoms with Gasteiger partial charge in [0.05, 0.1) is 17.3 Å². The number of hydrogen-bond donors (Lipinski definition) is 0. The fourth-order valence-electron chi connectivity index (χ4n) is 2.48. The first-order chi connectivity index (χ1) is 8.25. The van der Waals surface area contributed by atoms with Crippen LogP contribution in [0.25, 0.3) is 10.9 Å². The van der Waals surface area contributed by atoms with Crippen LogP contribution >= 0.6 is 0 Å². The van der Waals surface area contributed by atoms with E-state index in [2.05, 4.69) is 5.10 Å². The minimum atomic E-state index is -0.202. The van der Waals surface area contributed by atoms with Crippen LogP contribution in [-0.2, 0) is 4.74 Å². The van der Waals surface area contributed by atoms with E-state index in [9.17, 15) is 4.39 Å². The summed E-state index contributed by atoms with van der Waals surface area (Å²) in [5, 5.41) is 5.46. The van der Waals surface area contributed by atoms with Crippen molar-refractivity contribution in [2.45, 2.75) is 25.8 Å². The van der Waals surface area contributed by atoms with Crippen LogP contribution in [0.5, 0.6) is 0 Å². The third kappa shape index (κ3) is 1.82. The molecule has 0 atom stereocenters. The predicted octanol–water partition coefficient (Wildman–Crippen LogP) is 2.84. The first-order valence-corrected chi connectivity index (χ1v) is 5.98. The summed E-state index contributed by atoms with van der Waals surface area (Å²) >= 11 is 0. The van der Waals surface area contributed by atoms with Crippen molar-refractivity contribution in [1.29, 1.82) is 0 Å².